The zero-order valence-corrected chi connectivity index (χ0v) is 24.5. The summed E-state index contributed by atoms with van der Waals surface area (Å²) in [6.07, 6.45) is 7.68. The van der Waals surface area contributed by atoms with Crippen LogP contribution in [0.4, 0.5) is 11.4 Å². The number of halogens is 3. The van der Waals surface area contributed by atoms with Gasteiger partial charge in [0.05, 0.1) is 16.2 Å². The quantitative estimate of drug-likeness (QED) is 0.172. The fraction of sp³-hybridized carbons (Fsp3) is 0.182. The van der Waals surface area contributed by atoms with E-state index in [0.717, 1.165) is 33.5 Å². The van der Waals surface area contributed by atoms with Crippen LogP contribution in [0.3, 0.4) is 0 Å². The highest BCUT2D eigenvalue weighted by atomic mass is 79.9. The van der Waals surface area contributed by atoms with Gasteiger partial charge in [-0.25, -0.2) is 0 Å². The molecule has 4 aromatic carbocycles. The molecule has 0 amide bonds. The monoisotopic (exact) mass is 616 g/mol. The number of aryl methyl sites for hydroxylation is 1. The number of rotatable bonds is 6. The Morgan fingerprint density at radius 3 is 2.64 bits per heavy atom. The van der Waals surface area contributed by atoms with Crippen LogP contribution in [0.2, 0.25) is 10.0 Å². The standard InChI is InChI=1S/C33H27BrCl2N2O/c1-20-5-13-31-28(15-20)26-3-2-4-27(26)33(38-31)22-8-11-25(12-9-22)37-18-21-6-14-32(29(34)16-21)39-19-23-7-10-24(35)17-30(23)36/h2-3,5-18,26-27,33,38H,4,19H2,1H3/t26-,27+,33-/m1/s1. The molecule has 3 atom stereocenters. The predicted molar refractivity (Wildman–Crippen MR) is 166 cm³/mol. The number of nitrogens with zero attached hydrogens (tertiary/aromatic N) is 1. The summed E-state index contributed by atoms with van der Waals surface area (Å²) in [5.74, 6) is 1.74. The topological polar surface area (TPSA) is 33.6 Å². The second-order valence-electron chi connectivity index (χ2n) is 10.1. The van der Waals surface area contributed by atoms with Crippen LogP contribution in [0.25, 0.3) is 0 Å². The van der Waals surface area contributed by atoms with Gasteiger partial charge in [-0.3, -0.25) is 4.99 Å². The lowest BCUT2D eigenvalue weighted by Gasteiger charge is -2.37. The predicted octanol–water partition coefficient (Wildman–Crippen LogP) is 10.2. The van der Waals surface area contributed by atoms with Gasteiger partial charge >= 0.3 is 0 Å². The van der Waals surface area contributed by atoms with Crippen LogP contribution in [0.5, 0.6) is 5.75 Å². The zero-order valence-electron chi connectivity index (χ0n) is 21.4. The van der Waals surface area contributed by atoms with Crippen LogP contribution in [0, 0.1) is 12.8 Å². The molecule has 0 radical (unpaired) electrons. The Bertz CT molecular complexity index is 1580. The van der Waals surface area contributed by atoms with Crippen molar-refractivity contribution in [3.63, 3.8) is 0 Å². The van der Waals surface area contributed by atoms with Crippen LogP contribution in [-0.4, -0.2) is 6.21 Å². The van der Waals surface area contributed by atoms with E-state index in [1.165, 1.54) is 22.4 Å². The first-order valence-corrected chi connectivity index (χ1v) is 14.5. The van der Waals surface area contributed by atoms with Crippen LogP contribution in [-0.2, 0) is 6.61 Å². The molecule has 0 aromatic heterocycles. The molecule has 1 N–H and O–H groups in total. The maximum absolute atomic E-state index is 6.26. The Hall–Kier alpha value is -3.05. The Balaban J connectivity index is 1.12. The lowest BCUT2D eigenvalue weighted by molar-refractivity contribution is 0.304. The number of nitrogens with one attached hydrogen (secondary N) is 1. The molecule has 0 saturated carbocycles. The molecule has 1 aliphatic heterocycles. The van der Waals surface area contributed by atoms with Crippen LogP contribution < -0.4 is 10.1 Å². The first-order valence-electron chi connectivity index (χ1n) is 13.0. The summed E-state index contributed by atoms with van der Waals surface area (Å²) < 4.78 is 6.81. The summed E-state index contributed by atoms with van der Waals surface area (Å²) in [6, 6.07) is 26.9. The summed E-state index contributed by atoms with van der Waals surface area (Å²) >= 11 is 15.9. The number of allylic oxidation sites excluding steroid dienone is 2. The number of ether oxygens (including phenoxy) is 1. The lowest BCUT2D eigenvalue weighted by atomic mass is 9.76. The van der Waals surface area contributed by atoms with Gasteiger partial charge in [0.15, 0.2) is 0 Å². The molecular formula is C33H27BrCl2N2O. The molecule has 1 heterocycles. The first kappa shape index (κ1) is 26.2. The van der Waals surface area contributed by atoms with E-state index in [1.807, 2.05) is 30.5 Å². The van der Waals surface area contributed by atoms with Crippen molar-refractivity contribution in [2.75, 3.05) is 5.32 Å². The Labute approximate surface area is 247 Å². The van der Waals surface area contributed by atoms with E-state index in [-0.39, 0.29) is 6.04 Å². The molecule has 3 nitrogen and oxygen atoms in total. The second-order valence-corrected chi connectivity index (χ2v) is 11.8. The van der Waals surface area contributed by atoms with E-state index >= 15 is 0 Å². The van der Waals surface area contributed by atoms with E-state index in [0.29, 0.717) is 28.5 Å². The van der Waals surface area contributed by atoms with Crippen molar-refractivity contribution < 1.29 is 4.74 Å². The van der Waals surface area contributed by atoms with Crippen molar-refractivity contribution in [1.29, 1.82) is 0 Å². The number of benzene rings is 4. The molecule has 1 aliphatic carbocycles. The fourth-order valence-electron chi connectivity index (χ4n) is 5.47. The number of hydrogen-bond donors (Lipinski definition) is 1. The minimum Gasteiger partial charge on any atom is -0.488 e. The minimum absolute atomic E-state index is 0.282. The van der Waals surface area contributed by atoms with Crippen molar-refractivity contribution in [2.24, 2.45) is 10.9 Å². The maximum Gasteiger partial charge on any atom is 0.134 e. The molecule has 0 spiro atoms. The molecule has 2 aliphatic rings. The van der Waals surface area contributed by atoms with E-state index in [2.05, 4.69) is 82.8 Å². The van der Waals surface area contributed by atoms with Gasteiger partial charge in [-0.1, -0.05) is 71.2 Å². The largest absolute Gasteiger partial charge is 0.488 e. The average molecular weight is 618 g/mol. The average Bonchev–Trinajstić information content (AvgIpc) is 3.43. The molecule has 0 fully saturated rings. The van der Waals surface area contributed by atoms with Gasteiger partial charge in [-0.05, 0) is 100 Å². The third kappa shape index (κ3) is 5.65. The number of aliphatic imine (C=N–C) groups is 1. The highest BCUT2D eigenvalue weighted by molar-refractivity contribution is 9.10. The first-order chi connectivity index (χ1) is 18.9. The molecule has 4 aromatic rings. The Kier molecular flexibility index (Phi) is 7.53. The summed E-state index contributed by atoms with van der Waals surface area (Å²) in [7, 11) is 0. The van der Waals surface area contributed by atoms with Crippen molar-refractivity contribution in [3.8, 4) is 5.75 Å². The molecule has 6 rings (SSSR count). The van der Waals surface area contributed by atoms with Gasteiger partial charge < -0.3 is 10.1 Å². The smallest absolute Gasteiger partial charge is 0.134 e. The van der Waals surface area contributed by atoms with Crippen LogP contribution >= 0.6 is 39.1 Å². The number of hydrogen-bond acceptors (Lipinski definition) is 3. The summed E-state index contributed by atoms with van der Waals surface area (Å²) in [6.45, 7) is 2.52. The van der Waals surface area contributed by atoms with Crippen LogP contribution in [0.1, 0.15) is 46.2 Å². The molecule has 196 valence electrons. The summed E-state index contributed by atoms with van der Waals surface area (Å²) in [4.78, 5) is 4.71. The highest BCUT2D eigenvalue weighted by Crippen LogP contribution is 2.50. The zero-order chi connectivity index (χ0) is 26.9. The molecule has 39 heavy (non-hydrogen) atoms. The number of anilines is 1. The SMILES string of the molecule is Cc1ccc2c(c1)[C@@H]1C=CC[C@@H]1[C@@H](c1ccc(N=Cc3ccc(OCc4ccc(Cl)cc4Cl)c(Br)c3)cc1)N2. The fourth-order valence-corrected chi connectivity index (χ4v) is 6.44. The third-order valence-electron chi connectivity index (χ3n) is 7.49. The Morgan fingerprint density at radius 1 is 1.00 bits per heavy atom. The third-order valence-corrected chi connectivity index (χ3v) is 8.69. The van der Waals surface area contributed by atoms with E-state index < -0.39 is 0 Å². The molecule has 6 heteroatoms. The van der Waals surface area contributed by atoms with Crippen LogP contribution in [0.15, 0.2) is 100 Å². The van der Waals surface area contributed by atoms with Gasteiger partial charge in [-0.2, -0.15) is 0 Å². The van der Waals surface area contributed by atoms with Gasteiger partial charge in [-0.15, -0.1) is 0 Å². The number of fused-ring (bicyclic) bond motifs is 3. The summed E-state index contributed by atoms with van der Waals surface area (Å²) in [5, 5.41) is 5.01. The van der Waals surface area contributed by atoms with E-state index in [4.69, 9.17) is 32.9 Å². The molecule has 0 bridgehead atoms. The van der Waals surface area contributed by atoms with Gasteiger partial charge in [0.2, 0.25) is 0 Å². The van der Waals surface area contributed by atoms with Crippen molar-refractivity contribution in [1.82, 2.24) is 0 Å². The highest BCUT2D eigenvalue weighted by Gasteiger charge is 2.37. The Morgan fingerprint density at radius 2 is 1.85 bits per heavy atom. The van der Waals surface area contributed by atoms with E-state index in [1.54, 1.807) is 12.1 Å². The lowest BCUT2D eigenvalue weighted by Crippen LogP contribution is -2.29. The van der Waals surface area contributed by atoms with Gasteiger partial charge in [0, 0.05) is 33.4 Å². The van der Waals surface area contributed by atoms with Gasteiger partial charge in [0.25, 0.3) is 0 Å². The maximum atomic E-state index is 6.26. The van der Waals surface area contributed by atoms with Crippen molar-refractivity contribution >= 4 is 56.7 Å². The summed E-state index contributed by atoms with van der Waals surface area (Å²) in [5.41, 5.74) is 8.04. The van der Waals surface area contributed by atoms with Crippen molar-refractivity contribution in [3.05, 3.63) is 133 Å². The van der Waals surface area contributed by atoms with Gasteiger partial charge in [0.1, 0.15) is 12.4 Å². The minimum atomic E-state index is 0.282. The second kappa shape index (κ2) is 11.2. The molecule has 0 saturated heterocycles. The van der Waals surface area contributed by atoms with E-state index in [9.17, 15) is 0 Å². The molecular weight excluding hydrogens is 591 g/mol. The molecule has 0 unspecified atom stereocenters. The van der Waals surface area contributed by atoms with Crippen molar-refractivity contribution in [2.45, 2.75) is 31.9 Å². The normalized spacial score (nSPS) is 19.5.